The summed E-state index contributed by atoms with van der Waals surface area (Å²) >= 11 is 1.49. The highest BCUT2D eigenvalue weighted by molar-refractivity contribution is 7.98. The largest absolute Gasteiger partial charge is 0.481 e. The SMILES string of the molecule is CSCCC(N)C(=O)NCC(=O)NC(CC(=O)O)C(=O)NC(CC(N)=O)C(=O)O. The second kappa shape index (κ2) is 13.3. The second-order valence-corrected chi connectivity index (χ2v) is 6.88. The van der Waals surface area contributed by atoms with Crippen molar-refractivity contribution in [3.63, 3.8) is 0 Å². The molecule has 29 heavy (non-hydrogen) atoms. The molecule has 3 unspecified atom stereocenters. The maximum absolute atomic E-state index is 12.2. The van der Waals surface area contributed by atoms with Crippen molar-refractivity contribution in [3.8, 4) is 0 Å². The molecule has 0 bridgehead atoms. The molecular weight excluding hydrogens is 410 g/mol. The van der Waals surface area contributed by atoms with E-state index >= 15 is 0 Å². The smallest absolute Gasteiger partial charge is 0.326 e. The van der Waals surface area contributed by atoms with Crippen molar-refractivity contribution >= 4 is 47.3 Å². The number of hydrogen-bond donors (Lipinski definition) is 7. The van der Waals surface area contributed by atoms with Gasteiger partial charge in [-0.05, 0) is 18.4 Å². The first-order chi connectivity index (χ1) is 13.5. The lowest BCUT2D eigenvalue weighted by atomic mass is 10.1. The van der Waals surface area contributed by atoms with Crippen LogP contribution < -0.4 is 27.4 Å². The third-order valence-corrected chi connectivity index (χ3v) is 4.09. The summed E-state index contributed by atoms with van der Waals surface area (Å²) in [5.41, 5.74) is 10.5. The van der Waals surface area contributed by atoms with Crippen molar-refractivity contribution in [1.82, 2.24) is 16.0 Å². The van der Waals surface area contributed by atoms with Crippen LogP contribution in [0.2, 0.25) is 0 Å². The molecule has 0 aromatic carbocycles. The Kier molecular flexibility index (Phi) is 12.0. The number of rotatable bonds is 14. The number of thioether (sulfide) groups is 1. The van der Waals surface area contributed by atoms with Crippen LogP contribution in [-0.2, 0) is 28.8 Å². The van der Waals surface area contributed by atoms with E-state index in [4.69, 9.17) is 21.7 Å². The van der Waals surface area contributed by atoms with Gasteiger partial charge in [0, 0.05) is 0 Å². The zero-order valence-electron chi connectivity index (χ0n) is 15.7. The lowest BCUT2D eigenvalue weighted by molar-refractivity contribution is -0.144. The second-order valence-electron chi connectivity index (χ2n) is 5.89. The van der Waals surface area contributed by atoms with Crippen LogP contribution in [-0.4, -0.2) is 82.5 Å². The van der Waals surface area contributed by atoms with Crippen molar-refractivity contribution in [2.45, 2.75) is 37.4 Å². The molecule has 0 aromatic rings. The number of carboxylic acids is 2. The molecule has 0 saturated carbocycles. The molecule has 0 radical (unpaired) electrons. The summed E-state index contributed by atoms with van der Waals surface area (Å²) in [6.07, 6.45) is 0.639. The van der Waals surface area contributed by atoms with Crippen LogP contribution in [0, 0.1) is 0 Å². The van der Waals surface area contributed by atoms with Crippen LogP contribution in [0.5, 0.6) is 0 Å². The van der Waals surface area contributed by atoms with E-state index in [-0.39, 0.29) is 0 Å². The third-order valence-electron chi connectivity index (χ3n) is 3.44. The molecule has 0 heterocycles. The topological polar surface area (TPSA) is 231 Å². The fourth-order valence-electron chi connectivity index (χ4n) is 1.98. The van der Waals surface area contributed by atoms with Gasteiger partial charge in [-0.2, -0.15) is 11.8 Å². The summed E-state index contributed by atoms with van der Waals surface area (Å²) in [4.78, 5) is 68.8. The van der Waals surface area contributed by atoms with E-state index in [1.807, 2.05) is 11.6 Å². The Morgan fingerprint density at radius 1 is 0.966 bits per heavy atom. The van der Waals surface area contributed by atoms with Crippen molar-refractivity contribution in [1.29, 1.82) is 0 Å². The van der Waals surface area contributed by atoms with E-state index < -0.39 is 73.1 Å². The highest BCUT2D eigenvalue weighted by Gasteiger charge is 2.29. The van der Waals surface area contributed by atoms with Gasteiger partial charge in [0.1, 0.15) is 12.1 Å². The van der Waals surface area contributed by atoms with Gasteiger partial charge in [0.05, 0.1) is 25.4 Å². The number of carboxylic acid groups (broad SMARTS) is 2. The van der Waals surface area contributed by atoms with E-state index in [0.717, 1.165) is 0 Å². The van der Waals surface area contributed by atoms with Gasteiger partial charge in [0.2, 0.25) is 23.6 Å². The van der Waals surface area contributed by atoms with Gasteiger partial charge < -0.3 is 37.6 Å². The number of aliphatic carboxylic acids is 2. The maximum atomic E-state index is 12.2. The average molecular weight is 435 g/mol. The molecule has 0 fully saturated rings. The van der Waals surface area contributed by atoms with Crippen LogP contribution in [0.3, 0.4) is 0 Å². The molecule has 0 aliphatic rings. The van der Waals surface area contributed by atoms with Gasteiger partial charge in [0.25, 0.3) is 0 Å². The van der Waals surface area contributed by atoms with Crippen LogP contribution in [0.15, 0.2) is 0 Å². The van der Waals surface area contributed by atoms with Gasteiger partial charge in [-0.25, -0.2) is 4.79 Å². The van der Waals surface area contributed by atoms with Crippen LogP contribution in [0.25, 0.3) is 0 Å². The van der Waals surface area contributed by atoms with E-state index in [1.165, 1.54) is 11.8 Å². The Bertz CT molecular complexity index is 644. The zero-order valence-corrected chi connectivity index (χ0v) is 16.5. The average Bonchev–Trinajstić information content (AvgIpc) is 2.61. The molecule has 4 amide bonds. The number of carbonyl (C=O) groups is 6. The first-order valence-electron chi connectivity index (χ1n) is 8.32. The van der Waals surface area contributed by atoms with E-state index in [1.54, 1.807) is 0 Å². The third kappa shape index (κ3) is 11.5. The molecular formula is C15H25N5O8S. The normalized spacial score (nSPS) is 13.4. The molecule has 0 aliphatic carbocycles. The van der Waals surface area contributed by atoms with E-state index in [2.05, 4.69) is 10.6 Å². The standard InChI is InChI=1S/C15H25N5O8S/c1-29-3-2-7(16)13(25)18-6-11(22)19-8(5-12(23)24)14(26)20-9(15(27)28)4-10(17)21/h7-9H,2-6,16H2,1H3,(H2,17,21)(H,18,25)(H,19,22)(H,20,26)(H,23,24)(H,27,28). The first kappa shape index (κ1) is 26.1. The molecule has 0 rings (SSSR count). The molecule has 9 N–H and O–H groups in total. The maximum Gasteiger partial charge on any atom is 0.326 e. The van der Waals surface area contributed by atoms with Gasteiger partial charge in [0.15, 0.2) is 0 Å². The number of nitrogens with two attached hydrogens (primary N) is 2. The summed E-state index contributed by atoms with van der Waals surface area (Å²) < 4.78 is 0. The molecule has 0 aliphatic heterocycles. The Morgan fingerprint density at radius 3 is 2.07 bits per heavy atom. The number of hydrogen-bond acceptors (Lipinski definition) is 8. The summed E-state index contributed by atoms with van der Waals surface area (Å²) in [5, 5.41) is 24.2. The highest BCUT2D eigenvalue weighted by atomic mass is 32.2. The molecule has 0 aromatic heterocycles. The fourth-order valence-corrected chi connectivity index (χ4v) is 2.47. The van der Waals surface area contributed by atoms with Crippen molar-refractivity contribution in [3.05, 3.63) is 0 Å². The number of primary amides is 1. The Balaban J connectivity index is 4.88. The number of carbonyl (C=O) groups excluding carboxylic acids is 4. The predicted molar refractivity (Wildman–Crippen MR) is 102 cm³/mol. The van der Waals surface area contributed by atoms with Crippen LogP contribution >= 0.6 is 11.8 Å². The van der Waals surface area contributed by atoms with E-state index in [9.17, 15) is 28.8 Å². The molecule has 0 spiro atoms. The van der Waals surface area contributed by atoms with Gasteiger partial charge in [-0.3, -0.25) is 24.0 Å². The molecule has 13 nitrogen and oxygen atoms in total. The van der Waals surface area contributed by atoms with Gasteiger partial charge in [-0.15, -0.1) is 0 Å². The molecule has 0 saturated heterocycles. The summed E-state index contributed by atoms with van der Waals surface area (Å²) in [6.45, 7) is -0.571. The minimum Gasteiger partial charge on any atom is -0.481 e. The number of amides is 4. The Labute approximate surface area is 170 Å². The minimum atomic E-state index is -1.69. The van der Waals surface area contributed by atoms with Crippen LogP contribution in [0.4, 0.5) is 0 Å². The Hall–Kier alpha value is -2.87. The molecule has 14 heteroatoms. The fraction of sp³-hybridized carbons (Fsp3) is 0.600. The lowest BCUT2D eigenvalue weighted by Crippen LogP contribution is -2.54. The minimum absolute atomic E-state index is 0.384. The van der Waals surface area contributed by atoms with Crippen molar-refractivity contribution in [2.24, 2.45) is 11.5 Å². The quantitative estimate of drug-likeness (QED) is 0.143. The van der Waals surface area contributed by atoms with E-state index in [0.29, 0.717) is 12.2 Å². The van der Waals surface area contributed by atoms with Gasteiger partial charge in [-0.1, -0.05) is 0 Å². The van der Waals surface area contributed by atoms with Crippen molar-refractivity contribution in [2.75, 3.05) is 18.6 Å². The zero-order chi connectivity index (χ0) is 22.6. The summed E-state index contributed by atoms with van der Waals surface area (Å²) in [6, 6.07) is -4.17. The summed E-state index contributed by atoms with van der Waals surface area (Å²) in [7, 11) is 0. The van der Waals surface area contributed by atoms with Gasteiger partial charge >= 0.3 is 11.9 Å². The molecule has 164 valence electrons. The highest BCUT2D eigenvalue weighted by Crippen LogP contribution is 1.99. The lowest BCUT2D eigenvalue weighted by Gasteiger charge is -2.20. The monoisotopic (exact) mass is 435 g/mol. The number of nitrogens with one attached hydrogen (secondary N) is 3. The predicted octanol–water partition coefficient (Wildman–Crippen LogP) is -3.41. The summed E-state index contributed by atoms with van der Waals surface area (Å²) in [5.74, 6) is -6.01. The van der Waals surface area contributed by atoms with Crippen molar-refractivity contribution < 1.29 is 39.0 Å². The molecule has 3 atom stereocenters. The first-order valence-corrected chi connectivity index (χ1v) is 9.72. The Morgan fingerprint density at radius 2 is 1.59 bits per heavy atom. The van der Waals surface area contributed by atoms with Crippen LogP contribution in [0.1, 0.15) is 19.3 Å².